The van der Waals surface area contributed by atoms with Crippen LogP contribution in [0.5, 0.6) is 5.88 Å². The van der Waals surface area contributed by atoms with Gasteiger partial charge >= 0.3 is 5.69 Å². The predicted molar refractivity (Wildman–Crippen MR) is 88.6 cm³/mol. The molecule has 6 nitrogen and oxygen atoms in total. The third-order valence-electron chi connectivity index (χ3n) is 3.68. The number of hydrogen-bond donors (Lipinski definition) is 4. The Morgan fingerprint density at radius 3 is 2.35 bits per heavy atom. The molecule has 1 aromatic heterocycles. The van der Waals surface area contributed by atoms with E-state index in [1.807, 2.05) is 0 Å². The zero-order valence-corrected chi connectivity index (χ0v) is 13.7. The largest absolute Gasteiger partial charge is 0.493 e. The first kappa shape index (κ1) is 16.9. The van der Waals surface area contributed by atoms with Crippen LogP contribution in [0.4, 0.5) is 0 Å². The molecule has 1 heterocycles. The summed E-state index contributed by atoms with van der Waals surface area (Å²) in [6, 6.07) is 8.36. The molecule has 23 heavy (non-hydrogen) atoms. The van der Waals surface area contributed by atoms with Crippen LogP contribution in [-0.2, 0) is 23.1 Å². The fourth-order valence-electron chi connectivity index (χ4n) is 2.28. The molecule has 124 valence electrons. The topological polar surface area (TPSA) is 98.0 Å². The molecule has 0 saturated carbocycles. The minimum atomic E-state index is -0.524. The Morgan fingerprint density at radius 2 is 1.83 bits per heavy atom. The van der Waals surface area contributed by atoms with E-state index in [4.69, 9.17) is 0 Å². The Morgan fingerprint density at radius 1 is 1.17 bits per heavy atom. The summed E-state index contributed by atoms with van der Waals surface area (Å²) >= 11 is 0. The molecule has 1 aromatic carbocycles. The zero-order valence-electron chi connectivity index (χ0n) is 13.7. The molecular formula is C17H23N3O3. The van der Waals surface area contributed by atoms with Crippen LogP contribution in [0.3, 0.4) is 0 Å². The number of aromatic nitrogens is 2. The van der Waals surface area contributed by atoms with E-state index in [1.165, 1.54) is 5.56 Å². The van der Waals surface area contributed by atoms with Gasteiger partial charge in [0.15, 0.2) is 0 Å². The van der Waals surface area contributed by atoms with Crippen molar-refractivity contribution < 1.29 is 9.90 Å². The molecule has 0 unspecified atom stereocenters. The van der Waals surface area contributed by atoms with E-state index in [9.17, 15) is 14.7 Å². The molecular weight excluding hydrogens is 294 g/mol. The van der Waals surface area contributed by atoms with Gasteiger partial charge in [0.25, 0.3) is 0 Å². The predicted octanol–water partition coefficient (Wildman–Crippen LogP) is 1.61. The number of imidazole rings is 1. The lowest BCUT2D eigenvalue weighted by Crippen LogP contribution is -2.27. The van der Waals surface area contributed by atoms with Crippen molar-refractivity contribution >= 4 is 5.91 Å². The Bertz CT molecular complexity index is 721. The van der Waals surface area contributed by atoms with Gasteiger partial charge in [-0.3, -0.25) is 9.78 Å². The van der Waals surface area contributed by atoms with Gasteiger partial charge in [0.2, 0.25) is 11.8 Å². The van der Waals surface area contributed by atoms with Crippen molar-refractivity contribution in [3.8, 4) is 5.88 Å². The van der Waals surface area contributed by atoms with Gasteiger partial charge < -0.3 is 15.4 Å². The third kappa shape index (κ3) is 4.74. The number of carbonyl (C=O) groups excluding carboxylic acids is 1. The lowest BCUT2D eigenvalue weighted by Gasteiger charge is -2.19. The molecule has 2 rings (SSSR count). The van der Waals surface area contributed by atoms with Gasteiger partial charge in [-0.05, 0) is 23.0 Å². The highest BCUT2D eigenvalue weighted by molar-refractivity contribution is 5.78. The number of rotatable bonds is 5. The van der Waals surface area contributed by atoms with Crippen molar-refractivity contribution in [3.63, 3.8) is 0 Å². The van der Waals surface area contributed by atoms with Gasteiger partial charge in [-0.25, -0.2) is 4.79 Å². The standard InChI is InChI=1S/C17H23N3O3/c1-17(2,3)12-6-4-11(5-7-12)8-9-18-14(21)10-13-15(22)20-16(23)19-13/h4-7,22H,8-10H2,1-3H3,(H,18,21)(H2,19,20,23). The summed E-state index contributed by atoms with van der Waals surface area (Å²) in [5, 5.41) is 12.2. The number of carbonyl (C=O) groups is 1. The van der Waals surface area contributed by atoms with E-state index in [-0.39, 0.29) is 29.3 Å². The summed E-state index contributed by atoms with van der Waals surface area (Å²) in [6.07, 6.45) is 0.666. The number of aromatic hydroxyl groups is 1. The second kappa shape index (κ2) is 6.73. The molecule has 0 aliphatic heterocycles. The summed E-state index contributed by atoms with van der Waals surface area (Å²) in [6.45, 7) is 7.01. The van der Waals surface area contributed by atoms with Gasteiger partial charge in [-0.15, -0.1) is 0 Å². The lowest BCUT2D eigenvalue weighted by molar-refractivity contribution is -0.120. The van der Waals surface area contributed by atoms with E-state index in [2.05, 4.69) is 60.3 Å². The molecule has 1 amide bonds. The maximum atomic E-state index is 11.8. The Kier molecular flexibility index (Phi) is 4.93. The molecule has 0 spiro atoms. The molecule has 0 saturated heterocycles. The van der Waals surface area contributed by atoms with Gasteiger partial charge in [0, 0.05) is 6.54 Å². The molecule has 0 bridgehead atoms. The van der Waals surface area contributed by atoms with Crippen molar-refractivity contribution in [1.29, 1.82) is 0 Å². The number of benzene rings is 1. The lowest BCUT2D eigenvalue weighted by atomic mass is 9.86. The number of aromatic amines is 2. The minimum absolute atomic E-state index is 0.0620. The highest BCUT2D eigenvalue weighted by Crippen LogP contribution is 2.22. The van der Waals surface area contributed by atoms with Gasteiger partial charge in [-0.1, -0.05) is 45.0 Å². The Balaban J connectivity index is 1.81. The van der Waals surface area contributed by atoms with Crippen molar-refractivity contribution in [2.24, 2.45) is 0 Å². The quantitative estimate of drug-likeness (QED) is 0.674. The van der Waals surface area contributed by atoms with Crippen LogP contribution in [0.15, 0.2) is 29.1 Å². The molecule has 2 aromatic rings. The summed E-state index contributed by atoms with van der Waals surface area (Å²) in [7, 11) is 0. The van der Waals surface area contributed by atoms with Crippen molar-refractivity contribution in [3.05, 3.63) is 51.6 Å². The number of H-pyrrole nitrogens is 2. The van der Waals surface area contributed by atoms with Crippen LogP contribution < -0.4 is 11.0 Å². The van der Waals surface area contributed by atoms with E-state index < -0.39 is 5.69 Å². The summed E-state index contributed by atoms with van der Waals surface area (Å²) in [4.78, 5) is 27.3. The molecule has 0 aliphatic carbocycles. The summed E-state index contributed by atoms with van der Waals surface area (Å²) in [5.41, 5.74) is 2.22. The van der Waals surface area contributed by atoms with Crippen LogP contribution in [0.1, 0.15) is 37.6 Å². The molecule has 4 N–H and O–H groups in total. The molecule has 0 radical (unpaired) electrons. The normalized spacial score (nSPS) is 11.4. The first-order chi connectivity index (χ1) is 10.8. The smallest absolute Gasteiger partial charge is 0.325 e. The number of hydrogen-bond acceptors (Lipinski definition) is 3. The first-order valence-corrected chi connectivity index (χ1v) is 7.62. The highest BCUT2D eigenvalue weighted by atomic mass is 16.3. The number of amides is 1. The first-order valence-electron chi connectivity index (χ1n) is 7.62. The van der Waals surface area contributed by atoms with Gasteiger partial charge in [0.1, 0.15) is 0 Å². The van der Waals surface area contributed by atoms with E-state index in [0.29, 0.717) is 6.54 Å². The fraction of sp³-hybridized carbons (Fsp3) is 0.412. The van der Waals surface area contributed by atoms with Crippen molar-refractivity contribution in [2.45, 2.75) is 39.0 Å². The third-order valence-corrected chi connectivity index (χ3v) is 3.68. The second-order valence-electron chi connectivity index (χ2n) is 6.63. The van der Waals surface area contributed by atoms with Crippen molar-refractivity contribution in [2.75, 3.05) is 6.54 Å². The molecule has 0 fully saturated rings. The summed E-state index contributed by atoms with van der Waals surface area (Å²) in [5.74, 6) is -0.537. The maximum Gasteiger partial charge on any atom is 0.325 e. The highest BCUT2D eigenvalue weighted by Gasteiger charge is 2.13. The van der Waals surface area contributed by atoms with Crippen molar-refractivity contribution in [1.82, 2.24) is 15.3 Å². The monoisotopic (exact) mass is 317 g/mol. The number of nitrogens with one attached hydrogen (secondary N) is 3. The molecule has 6 heteroatoms. The average Bonchev–Trinajstić information content (AvgIpc) is 2.76. The fourth-order valence-corrected chi connectivity index (χ4v) is 2.28. The Labute approximate surface area is 135 Å². The van der Waals surface area contributed by atoms with E-state index in [1.54, 1.807) is 0 Å². The SMILES string of the molecule is CC(C)(C)c1ccc(CCNC(=O)Cc2[nH]c(=O)[nH]c2O)cc1. The zero-order chi connectivity index (χ0) is 17.0. The van der Waals surface area contributed by atoms with Gasteiger partial charge in [-0.2, -0.15) is 0 Å². The molecule has 0 atom stereocenters. The van der Waals surface area contributed by atoms with E-state index >= 15 is 0 Å². The molecule has 0 aliphatic rings. The van der Waals surface area contributed by atoms with Crippen LogP contribution in [0, 0.1) is 0 Å². The van der Waals surface area contributed by atoms with Crippen LogP contribution in [-0.4, -0.2) is 27.5 Å². The second-order valence-corrected chi connectivity index (χ2v) is 6.63. The average molecular weight is 317 g/mol. The van der Waals surface area contributed by atoms with Crippen LogP contribution >= 0.6 is 0 Å². The van der Waals surface area contributed by atoms with Gasteiger partial charge in [0.05, 0.1) is 12.1 Å². The van der Waals surface area contributed by atoms with E-state index in [0.717, 1.165) is 12.0 Å². The minimum Gasteiger partial charge on any atom is -0.493 e. The Hall–Kier alpha value is -2.50. The summed E-state index contributed by atoms with van der Waals surface area (Å²) < 4.78 is 0. The van der Waals surface area contributed by atoms with Crippen LogP contribution in [0.25, 0.3) is 0 Å². The maximum absolute atomic E-state index is 11.8. The van der Waals surface area contributed by atoms with Crippen LogP contribution in [0.2, 0.25) is 0 Å².